The first-order chi connectivity index (χ1) is 5.83. The van der Waals surface area contributed by atoms with Crippen molar-refractivity contribution in [3.8, 4) is 0 Å². The lowest BCUT2D eigenvalue weighted by Gasteiger charge is -2.26. The van der Waals surface area contributed by atoms with Crippen LogP contribution in [0.5, 0.6) is 0 Å². The number of hydrogen-bond acceptors (Lipinski definition) is 3. The summed E-state index contributed by atoms with van der Waals surface area (Å²) in [6.07, 6.45) is 0. The predicted octanol–water partition coefficient (Wildman–Crippen LogP) is 1.45. The van der Waals surface area contributed by atoms with Crippen LogP contribution in [0.1, 0.15) is 27.7 Å². The lowest BCUT2D eigenvalue weighted by atomic mass is 9.96. The molecule has 0 spiro atoms. The average molecular weight is 190 g/mol. The first kappa shape index (κ1) is 12.9. The van der Waals surface area contributed by atoms with Crippen LogP contribution in [0.4, 0.5) is 0 Å². The second-order valence-corrected chi connectivity index (χ2v) is 4.78. The smallest absolute Gasteiger partial charge is 0.0855 e. The Bertz CT molecular complexity index is 125. The minimum absolute atomic E-state index is 0.139. The van der Waals surface area contributed by atoms with Crippen LogP contribution in [-0.2, 0) is 9.47 Å². The molecule has 0 atom stereocenters. The van der Waals surface area contributed by atoms with Crippen LogP contribution in [0, 0.1) is 5.41 Å². The third kappa shape index (κ3) is 6.02. The fourth-order valence-electron chi connectivity index (χ4n) is 0.678. The van der Waals surface area contributed by atoms with Crippen LogP contribution >= 0.6 is 0 Å². The molecule has 0 saturated carbocycles. The monoisotopic (exact) mass is 190 g/mol. The molecule has 0 bridgehead atoms. The fourth-order valence-corrected chi connectivity index (χ4v) is 0.678. The van der Waals surface area contributed by atoms with E-state index < -0.39 is 0 Å². The molecule has 0 unspecified atom stereocenters. The average Bonchev–Trinajstić information content (AvgIpc) is 2.04. The number of aliphatic hydroxyl groups excluding tert-OH is 1. The van der Waals surface area contributed by atoms with E-state index in [0.29, 0.717) is 13.2 Å². The summed E-state index contributed by atoms with van der Waals surface area (Å²) in [6.45, 7) is 9.11. The van der Waals surface area contributed by atoms with Crippen molar-refractivity contribution in [1.29, 1.82) is 0 Å². The van der Waals surface area contributed by atoms with Crippen LogP contribution < -0.4 is 0 Å². The van der Waals surface area contributed by atoms with Crippen molar-refractivity contribution in [3.05, 3.63) is 0 Å². The molecule has 0 saturated heterocycles. The summed E-state index contributed by atoms with van der Waals surface area (Å²) in [6, 6.07) is 0. The highest BCUT2D eigenvalue weighted by Crippen LogP contribution is 2.15. The second kappa shape index (κ2) is 4.94. The minimum Gasteiger partial charge on any atom is -0.396 e. The molecular formula is C10H22O3. The lowest BCUT2D eigenvalue weighted by molar-refractivity contribution is -0.0718. The molecule has 13 heavy (non-hydrogen) atoms. The molecule has 0 rings (SSSR count). The van der Waals surface area contributed by atoms with Gasteiger partial charge in [-0.3, -0.25) is 0 Å². The molecule has 0 aliphatic carbocycles. The van der Waals surface area contributed by atoms with E-state index in [4.69, 9.17) is 14.6 Å². The van der Waals surface area contributed by atoms with E-state index >= 15 is 0 Å². The summed E-state index contributed by atoms with van der Waals surface area (Å²) in [4.78, 5) is 0. The Morgan fingerprint density at radius 3 is 2.00 bits per heavy atom. The highest BCUT2D eigenvalue weighted by molar-refractivity contribution is 4.69. The van der Waals surface area contributed by atoms with E-state index in [2.05, 4.69) is 0 Å². The fraction of sp³-hybridized carbons (Fsp3) is 1.00. The van der Waals surface area contributed by atoms with Gasteiger partial charge in [-0.05, 0) is 13.8 Å². The Morgan fingerprint density at radius 1 is 1.08 bits per heavy atom. The van der Waals surface area contributed by atoms with Gasteiger partial charge in [0, 0.05) is 12.5 Å². The zero-order valence-corrected chi connectivity index (χ0v) is 9.39. The molecule has 1 N–H and O–H groups in total. The highest BCUT2D eigenvalue weighted by atomic mass is 16.5. The van der Waals surface area contributed by atoms with Gasteiger partial charge >= 0.3 is 0 Å². The van der Waals surface area contributed by atoms with Crippen molar-refractivity contribution in [3.63, 3.8) is 0 Å². The molecule has 0 aromatic rings. The van der Waals surface area contributed by atoms with Gasteiger partial charge in [0.25, 0.3) is 0 Å². The van der Waals surface area contributed by atoms with Crippen LogP contribution in [-0.4, -0.2) is 37.6 Å². The molecule has 3 heteroatoms. The van der Waals surface area contributed by atoms with E-state index in [1.54, 1.807) is 7.11 Å². The maximum Gasteiger partial charge on any atom is 0.0855 e. The van der Waals surface area contributed by atoms with Crippen LogP contribution in [0.25, 0.3) is 0 Å². The molecule has 0 fully saturated rings. The van der Waals surface area contributed by atoms with Gasteiger partial charge in [-0.25, -0.2) is 0 Å². The van der Waals surface area contributed by atoms with Crippen molar-refractivity contribution in [1.82, 2.24) is 0 Å². The van der Waals surface area contributed by atoms with Crippen molar-refractivity contribution >= 4 is 0 Å². The van der Waals surface area contributed by atoms with E-state index in [1.807, 2.05) is 27.7 Å². The molecule has 3 nitrogen and oxygen atoms in total. The van der Waals surface area contributed by atoms with Gasteiger partial charge in [0.05, 0.1) is 25.4 Å². The quantitative estimate of drug-likeness (QED) is 0.689. The normalized spacial score (nSPS) is 13.4. The number of ether oxygens (including phenoxy) is 2. The van der Waals surface area contributed by atoms with Gasteiger partial charge in [-0.15, -0.1) is 0 Å². The standard InChI is InChI=1S/C10H22O3/c1-9(2,6-11)7-13-8-10(3,4)12-5/h11H,6-8H2,1-5H3. The molecule has 0 heterocycles. The molecule has 0 radical (unpaired) electrons. The van der Waals surface area contributed by atoms with Gasteiger partial charge in [-0.1, -0.05) is 13.8 Å². The SMILES string of the molecule is COC(C)(C)COCC(C)(C)CO. The molecule has 80 valence electrons. The van der Waals surface area contributed by atoms with Crippen LogP contribution in [0.3, 0.4) is 0 Å². The molecule has 0 amide bonds. The van der Waals surface area contributed by atoms with Crippen molar-refractivity contribution < 1.29 is 14.6 Å². The zero-order valence-electron chi connectivity index (χ0n) is 9.39. The van der Waals surface area contributed by atoms with Crippen molar-refractivity contribution in [2.24, 2.45) is 5.41 Å². The van der Waals surface area contributed by atoms with Gasteiger partial charge in [0.2, 0.25) is 0 Å². The first-order valence-electron chi connectivity index (χ1n) is 4.57. The zero-order chi connectivity index (χ0) is 10.5. The lowest BCUT2D eigenvalue weighted by Crippen LogP contribution is -2.32. The predicted molar refractivity (Wildman–Crippen MR) is 52.8 cm³/mol. The molecule has 0 aromatic heterocycles. The summed E-state index contributed by atoms with van der Waals surface area (Å²) in [5, 5.41) is 8.97. The van der Waals surface area contributed by atoms with Gasteiger partial charge in [-0.2, -0.15) is 0 Å². The Morgan fingerprint density at radius 2 is 1.62 bits per heavy atom. The summed E-state index contributed by atoms with van der Waals surface area (Å²) >= 11 is 0. The number of methoxy groups -OCH3 is 1. The Labute approximate surface area is 81.0 Å². The van der Waals surface area contributed by atoms with Crippen LogP contribution in [0.15, 0.2) is 0 Å². The Hall–Kier alpha value is -0.120. The van der Waals surface area contributed by atoms with Crippen LogP contribution in [0.2, 0.25) is 0 Å². The maximum atomic E-state index is 8.97. The summed E-state index contributed by atoms with van der Waals surface area (Å²) in [7, 11) is 1.67. The number of hydrogen-bond donors (Lipinski definition) is 1. The highest BCUT2D eigenvalue weighted by Gasteiger charge is 2.21. The van der Waals surface area contributed by atoms with Crippen molar-refractivity contribution in [2.45, 2.75) is 33.3 Å². The van der Waals surface area contributed by atoms with E-state index in [1.165, 1.54) is 0 Å². The van der Waals surface area contributed by atoms with Gasteiger partial charge in [0.1, 0.15) is 0 Å². The van der Waals surface area contributed by atoms with Gasteiger partial charge in [0.15, 0.2) is 0 Å². The summed E-state index contributed by atoms with van der Waals surface area (Å²) in [5.41, 5.74) is -0.407. The number of aliphatic hydroxyl groups is 1. The third-order valence-corrected chi connectivity index (χ3v) is 1.92. The first-order valence-corrected chi connectivity index (χ1v) is 4.57. The van der Waals surface area contributed by atoms with E-state index in [0.717, 1.165) is 0 Å². The number of rotatable bonds is 6. The second-order valence-electron chi connectivity index (χ2n) is 4.78. The summed E-state index contributed by atoms with van der Waals surface area (Å²) in [5.74, 6) is 0. The van der Waals surface area contributed by atoms with E-state index in [-0.39, 0.29) is 17.6 Å². The molecule has 0 aliphatic rings. The maximum absolute atomic E-state index is 8.97. The molecular weight excluding hydrogens is 168 g/mol. The van der Waals surface area contributed by atoms with Crippen molar-refractivity contribution in [2.75, 3.05) is 26.9 Å². The molecule has 0 aromatic carbocycles. The third-order valence-electron chi connectivity index (χ3n) is 1.92. The van der Waals surface area contributed by atoms with Gasteiger partial charge < -0.3 is 14.6 Å². The Kier molecular flexibility index (Phi) is 4.89. The Balaban J connectivity index is 3.68. The minimum atomic E-state index is -0.245. The topological polar surface area (TPSA) is 38.7 Å². The largest absolute Gasteiger partial charge is 0.396 e. The summed E-state index contributed by atoms with van der Waals surface area (Å²) < 4.78 is 10.7. The molecule has 0 aliphatic heterocycles. The van der Waals surface area contributed by atoms with E-state index in [9.17, 15) is 0 Å².